The van der Waals surface area contributed by atoms with E-state index < -0.39 is 0 Å². The van der Waals surface area contributed by atoms with E-state index in [-0.39, 0.29) is 5.91 Å². The number of hydrogen-bond donors (Lipinski definition) is 2. The van der Waals surface area contributed by atoms with Crippen LogP contribution in [0.3, 0.4) is 0 Å². The minimum Gasteiger partial charge on any atom is -0.360 e. The summed E-state index contributed by atoms with van der Waals surface area (Å²) in [5, 5.41) is 15.2. The maximum atomic E-state index is 12.1. The molecule has 2 aromatic rings. The fraction of sp³-hybridized carbons (Fsp3) is 0.308. The van der Waals surface area contributed by atoms with Crippen LogP contribution in [-0.2, 0) is 0 Å². The molecule has 20 heavy (non-hydrogen) atoms. The summed E-state index contributed by atoms with van der Waals surface area (Å²) in [4.78, 5) is 12.1. The largest absolute Gasteiger partial charge is 0.360 e. The molecular weight excluding hydrogens is 296 g/mol. The fourth-order valence-electron chi connectivity index (χ4n) is 1.52. The third-order valence-corrected chi connectivity index (χ3v) is 3.71. The smallest absolute Gasteiger partial charge is 0.286 e. The summed E-state index contributed by atoms with van der Waals surface area (Å²) in [7, 11) is 0. The van der Waals surface area contributed by atoms with Crippen LogP contribution >= 0.6 is 22.9 Å². The summed E-state index contributed by atoms with van der Waals surface area (Å²) in [5.74, 6) is -0.280. The molecule has 0 saturated heterocycles. The maximum absolute atomic E-state index is 12.1. The number of rotatable bonds is 5. The maximum Gasteiger partial charge on any atom is 0.286 e. The molecule has 0 unspecified atom stereocenters. The molecule has 0 aliphatic carbocycles. The Balaban J connectivity index is 2.08. The van der Waals surface area contributed by atoms with Crippen molar-refractivity contribution in [3.8, 4) is 0 Å². The lowest BCUT2D eigenvalue weighted by Crippen LogP contribution is -2.12. The summed E-state index contributed by atoms with van der Waals surface area (Å²) in [6, 6.07) is 5.35. The molecule has 7 heteroatoms. The van der Waals surface area contributed by atoms with Gasteiger partial charge >= 0.3 is 0 Å². The molecule has 5 nitrogen and oxygen atoms in total. The molecule has 1 aromatic heterocycles. The van der Waals surface area contributed by atoms with Gasteiger partial charge in [-0.25, -0.2) is 0 Å². The second kappa shape index (κ2) is 6.67. The summed E-state index contributed by atoms with van der Waals surface area (Å²) in [6.07, 6.45) is 0.989. The number of aromatic nitrogens is 2. The first-order chi connectivity index (χ1) is 9.60. The van der Waals surface area contributed by atoms with Crippen molar-refractivity contribution in [3.63, 3.8) is 0 Å². The van der Waals surface area contributed by atoms with Crippen LogP contribution in [0.5, 0.6) is 0 Å². The van der Waals surface area contributed by atoms with Crippen LogP contribution in [0.15, 0.2) is 18.2 Å². The number of amides is 1. The van der Waals surface area contributed by atoms with Crippen LogP contribution in [0.2, 0.25) is 5.02 Å². The normalized spacial score (nSPS) is 10.3. The SMILES string of the molecule is CCCNc1nnc(C(=O)Nc2cc(Cl)ccc2C)s1. The monoisotopic (exact) mass is 310 g/mol. The van der Waals surface area contributed by atoms with Crippen LogP contribution < -0.4 is 10.6 Å². The number of aryl methyl sites for hydroxylation is 1. The van der Waals surface area contributed by atoms with Crippen LogP contribution in [-0.4, -0.2) is 22.6 Å². The highest BCUT2D eigenvalue weighted by Gasteiger charge is 2.14. The van der Waals surface area contributed by atoms with Gasteiger partial charge in [-0.05, 0) is 31.0 Å². The number of nitrogens with one attached hydrogen (secondary N) is 2. The Morgan fingerprint density at radius 2 is 2.20 bits per heavy atom. The van der Waals surface area contributed by atoms with Crippen molar-refractivity contribution in [1.29, 1.82) is 0 Å². The van der Waals surface area contributed by atoms with Crippen LogP contribution in [0.4, 0.5) is 10.8 Å². The van der Waals surface area contributed by atoms with Gasteiger partial charge in [0, 0.05) is 17.3 Å². The number of carbonyl (C=O) groups excluding carboxylic acids is 1. The van der Waals surface area contributed by atoms with Gasteiger partial charge in [-0.2, -0.15) is 0 Å². The van der Waals surface area contributed by atoms with Crippen molar-refractivity contribution in [2.75, 3.05) is 17.2 Å². The molecule has 0 fully saturated rings. The van der Waals surface area contributed by atoms with E-state index in [0.29, 0.717) is 20.8 Å². The minimum absolute atomic E-state index is 0.280. The van der Waals surface area contributed by atoms with Gasteiger partial charge in [0.05, 0.1) is 0 Å². The molecule has 1 heterocycles. The molecule has 0 spiro atoms. The third-order valence-electron chi connectivity index (χ3n) is 2.59. The molecular formula is C13H15ClN4OS. The molecule has 0 saturated carbocycles. The van der Waals surface area contributed by atoms with Gasteiger partial charge in [-0.1, -0.05) is 35.9 Å². The predicted octanol–water partition coefficient (Wildman–Crippen LogP) is 3.57. The quantitative estimate of drug-likeness (QED) is 0.886. The van der Waals surface area contributed by atoms with Crippen molar-refractivity contribution in [1.82, 2.24) is 10.2 Å². The zero-order valence-corrected chi connectivity index (χ0v) is 12.8. The second-order valence-electron chi connectivity index (χ2n) is 4.25. The molecule has 2 N–H and O–H groups in total. The van der Waals surface area contributed by atoms with Crippen LogP contribution in [0.1, 0.15) is 28.7 Å². The van der Waals surface area contributed by atoms with E-state index in [4.69, 9.17) is 11.6 Å². The molecule has 1 amide bonds. The fourth-order valence-corrected chi connectivity index (χ4v) is 2.36. The number of hydrogen-bond acceptors (Lipinski definition) is 5. The first kappa shape index (κ1) is 14.7. The first-order valence-corrected chi connectivity index (χ1v) is 7.44. The number of benzene rings is 1. The Morgan fingerprint density at radius 3 is 2.95 bits per heavy atom. The van der Waals surface area contributed by atoms with E-state index >= 15 is 0 Å². The highest BCUT2D eigenvalue weighted by molar-refractivity contribution is 7.17. The second-order valence-corrected chi connectivity index (χ2v) is 5.67. The summed E-state index contributed by atoms with van der Waals surface area (Å²) >= 11 is 7.15. The van der Waals surface area contributed by atoms with Crippen molar-refractivity contribution in [2.24, 2.45) is 0 Å². The number of nitrogens with zero attached hydrogens (tertiary/aromatic N) is 2. The highest BCUT2D eigenvalue weighted by atomic mass is 35.5. The lowest BCUT2D eigenvalue weighted by Gasteiger charge is -2.06. The van der Waals surface area contributed by atoms with Crippen molar-refractivity contribution < 1.29 is 4.79 Å². The summed E-state index contributed by atoms with van der Waals surface area (Å²) < 4.78 is 0. The van der Waals surface area contributed by atoms with E-state index in [1.54, 1.807) is 12.1 Å². The number of carbonyl (C=O) groups is 1. The van der Waals surface area contributed by atoms with Gasteiger partial charge in [-0.15, -0.1) is 10.2 Å². The van der Waals surface area contributed by atoms with Crippen molar-refractivity contribution in [2.45, 2.75) is 20.3 Å². The van der Waals surface area contributed by atoms with Crippen LogP contribution in [0.25, 0.3) is 0 Å². The average Bonchev–Trinajstić information content (AvgIpc) is 2.89. The molecule has 0 atom stereocenters. The zero-order valence-electron chi connectivity index (χ0n) is 11.2. The molecule has 0 aliphatic heterocycles. The number of halogens is 1. The van der Waals surface area contributed by atoms with Gasteiger partial charge in [0.25, 0.3) is 5.91 Å². The Kier molecular flexibility index (Phi) is 4.92. The van der Waals surface area contributed by atoms with Crippen LogP contribution in [0, 0.1) is 6.92 Å². The molecule has 0 aliphatic rings. The lowest BCUT2D eigenvalue weighted by molar-refractivity contribution is 0.102. The Bertz CT molecular complexity index is 614. The van der Waals surface area contributed by atoms with Gasteiger partial charge in [0.1, 0.15) is 0 Å². The Labute approximate surface area is 126 Å². The Morgan fingerprint density at radius 1 is 1.40 bits per heavy atom. The molecule has 106 valence electrons. The predicted molar refractivity (Wildman–Crippen MR) is 82.8 cm³/mol. The van der Waals surface area contributed by atoms with Gasteiger partial charge in [-0.3, -0.25) is 4.79 Å². The van der Waals surface area contributed by atoms with Gasteiger partial charge in [0.2, 0.25) is 10.1 Å². The molecule has 0 bridgehead atoms. The van der Waals surface area contributed by atoms with E-state index in [2.05, 4.69) is 27.8 Å². The molecule has 1 aromatic carbocycles. The minimum atomic E-state index is -0.280. The Hall–Kier alpha value is -1.66. The number of anilines is 2. The average molecular weight is 311 g/mol. The van der Waals surface area contributed by atoms with E-state index in [0.717, 1.165) is 18.5 Å². The van der Waals surface area contributed by atoms with Crippen molar-refractivity contribution in [3.05, 3.63) is 33.8 Å². The highest BCUT2D eigenvalue weighted by Crippen LogP contribution is 2.22. The van der Waals surface area contributed by atoms with E-state index in [1.165, 1.54) is 11.3 Å². The van der Waals surface area contributed by atoms with Gasteiger partial charge < -0.3 is 10.6 Å². The summed E-state index contributed by atoms with van der Waals surface area (Å²) in [6.45, 7) is 4.77. The van der Waals surface area contributed by atoms with Crippen molar-refractivity contribution >= 4 is 39.7 Å². The lowest BCUT2D eigenvalue weighted by atomic mass is 10.2. The topological polar surface area (TPSA) is 66.9 Å². The zero-order chi connectivity index (χ0) is 14.5. The standard InChI is InChI=1S/C13H15ClN4OS/c1-3-6-15-13-18-17-12(20-13)11(19)16-10-7-9(14)5-4-8(10)2/h4-5,7H,3,6H2,1-2H3,(H,15,18)(H,16,19). The molecule has 2 rings (SSSR count). The third kappa shape index (κ3) is 3.68. The van der Waals surface area contributed by atoms with Gasteiger partial charge in [0.15, 0.2) is 0 Å². The first-order valence-electron chi connectivity index (χ1n) is 6.25. The summed E-state index contributed by atoms with van der Waals surface area (Å²) in [5.41, 5.74) is 1.62. The van der Waals surface area contributed by atoms with E-state index in [1.807, 2.05) is 13.0 Å². The molecule has 0 radical (unpaired) electrons. The van der Waals surface area contributed by atoms with E-state index in [9.17, 15) is 4.79 Å².